The predicted octanol–water partition coefficient (Wildman–Crippen LogP) is 2.44. The average molecular weight is 506 g/mol. The summed E-state index contributed by atoms with van der Waals surface area (Å²) in [5.74, 6) is -5.25. The van der Waals surface area contributed by atoms with E-state index >= 15 is 0 Å². The number of hydrogen-bond acceptors (Lipinski definition) is 6. The van der Waals surface area contributed by atoms with Gasteiger partial charge in [-0.2, -0.15) is 26.3 Å². The van der Waals surface area contributed by atoms with Gasteiger partial charge in [0.25, 0.3) is 0 Å². The monoisotopic (exact) mass is 506 g/mol. The molecule has 0 fully saturated rings. The Kier molecular flexibility index (Phi) is 5.91. The van der Waals surface area contributed by atoms with Crippen molar-refractivity contribution in [3.8, 4) is 0 Å². The lowest BCUT2D eigenvalue weighted by atomic mass is 10.0. The summed E-state index contributed by atoms with van der Waals surface area (Å²) < 4.78 is 114. The van der Waals surface area contributed by atoms with E-state index in [0.717, 1.165) is 12.1 Å². The molecule has 0 bridgehead atoms. The summed E-state index contributed by atoms with van der Waals surface area (Å²) in [6.45, 7) is 0. The van der Waals surface area contributed by atoms with Crippen LogP contribution in [0.5, 0.6) is 0 Å². The third-order valence-corrected chi connectivity index (χ3v) is 4.23. The van der Waals surface area contributed by atoms with Crippen LogP contribution in [-0.4, -0.2) is 42.6 Å². The van der Waals surface area contributed by atoms with E-state index in [0.29, 0.717) is 0 Å². The van der Waals surface area contributed by atoms with Crippen molar-refractivity contribution >= 4 is 44.4 Å². The fourth-order valence-corrected chi connectivity index (χ4v) is 3.01. The molecule has 1 aromatic carbocycles. The van der Waals surface area contributed by atoms with Gasteiger partial charge in [-0.25, -0.2) is 13.2 Å². The number of ether oxygens (including phenoxy) is 1. The minimum atomic E-state index is -6.44. The maximum atomic E-state index is 13.0. The van der Waals surface area contributed by atoms with Gasteiger partial charge in [0.15, 0.2) is 0 Å². The molecule has 0 aromatic heterocycles. The second-order valence-corrected chi connectivity index (χ2v) is 7.30. The normalized spacial score (nSPS) is 13.6. The maximum absolute atomic E-state index is 13.0. The smallest absolute Gasteiger partial charge is 0.438 e. The third-order valence-electron chi connectivity index (χ3n) is 2.80. The maximum Gasteiger partial charge on any atom is 0.438 e. The van der Waals surface area contributed by atoms with Crippen molar-refractivity contribution in [1.82, 2.24) is 0 Å². The Hall–Kier alpha value is -1.29. The molecule has 0 radical (unpaired) electrons. The van der Waals surface area contributed by atoms with E-state index in [2.05, 4.69) is 4.74 Å². The third kappa shape index (κ3) is 4.87. The van der Waals surface area contributed by atoms with Crippen LogP contribution in [0.1, 0.15) is 10.4 Å². The molecule has 0 unspecified atom stereocenters. The molecule has 0 heterocycles. The molecule has 2 N–H and O–H groups in total. The summed E-state index contributed by atoms with van der Waals surface area (Å²) in [5.41, 5.74) is -1.59. The SMILES string of the molecule is Nc1ccc(I)cc1C(=O)OC(CS(=O)(=O)[O-])(C(F)(F)F)C(F)(F)F. The molecule has 0 atom stereocenters. The molecule has 0 amide bonds. The van der Waals surface area contributed by atoms with Crippen LogP contribution in [0, 0.1) is 3.57 Å². The van der Waals surface area contributed by atoms with E-state index < -0.39 is 51.0 Å². The Balaban J connectivity index is 3.53. The van der Waals surface area contributed by atoms with Crippen molar-refractivity contribution in [1.29, 1.82) is 0 Å². The number of carbonyl (C=O) groups excluding carboxylic acids is 1. The van der Waals surface area contributed by atoms with Crippen LogP contribution in [0.25, 0.3) is 0 Å². The van der Waals surface area contributed by atoms with Crippen LogP contribution < -0.4 is 5.73 Å². The van der Waals surface area contributed by atoms with E-state index in [4.69, 9.17) is 5.73 Å². The molecule has 0 saturated carbocycles. The lowest BCUT2D eigenvalue weighted by Crippen LogP contribution is -2.63. The molecule has 0 saturated heterocycles. The summed E-state index contributed by atoms with van der Waals surface area (Å²) in [6.07, 6.45) is -12.9. The summed E-state index contributed by atoms with van der Waals surface area (Å²) in [6, 6.07) is 3.16. The van der Waals surface area contributed by atoms with Gasteiger partial charge in [0.2, 0.25) is 0 Å². The zero-order valence-electron chi connectivity index (χ0n) is 11.6. The van der Waals surface area contributed by atoms with Crippen LogP contribution in [0.3, 0.4) is 0 Å². The zero-order chi connectivity index (χ0) is 19.8. The molecule has 25 heavy (non-hydrogen) atoms. The van der Waals surface area contributed by atoms with Crippen molar-refractivity contribution in [3.05, 3.63) is 27.3 Å². The summed E-state index contributed by atoms with van der Waals surface area (Å²) >= 11 is 1.59. The Bertz CT molecular complexity index is 762. The lowest BCUT2D eigenvalue weighted by Gasteiger charge is -2.36. The molecule has 1 rings (SSSR count). The second kappa shape index (κ2) is 6.79. The first-order valence-corrected chi connectivity index (χ1v) is 8.51. The number of anilines is 1. The van der Waals surface area contributed by atoms with Crippen LogP contribution in [-0.2, 0) is 14.9 Å². The van der Waals surface area contributed by atoms with Crippen molar-refractivity contribution in [2.24, 2.45) is 0 Å². The summed E-state index contributed by atoms with van der Waals surface area (Å²) in [4.78, 5) is 11.8. The van der Waals surface area contributed by atoms with Gasteiger partial charge in [-0.15, -0.1) is 0 Å². The highest BCUT2D eigenvalue weighted by molar-refractivity contribution is 14.1. The fourth-order valence-electron chi connectivity index (χ4n) is 1.64. The van der Waals surface area contributed by atoms with Gasteiger partial charge in [-0.05, 0) is 40.8 Å². The number of alkyl halides is 6. The molecule has 6 nitrogen and oxygen atoms in total. The first kappa shape index (κ1) is 21.8. The van der Waals surface area contributed by atoms with Crippen LogP contribution in [0.15, 0.2) is 18.2 Å². The van der Waals surface area contributed by atoms with Crippen molar-refractivity contribution < 1.29 is 48.8 Å². The molecule has 0 aliphatic heterocycles. The van der Waals surface area contributed by atoms with Gasteiger partial charge >= 0.3 is 23.9 Å². The molecule has 0 aliphatic rings. The predicted molar refractivity (Wildman–Crippen MR) is 78.4 cm³/mol. The Morgan fingerprint density at radius 1 is 1.16 bits per heavy atom. The number of hydrogen-bond donors (Lipinski definition) is 1. The van der Waals surface area contributed by atoms with E-state index in [1.54, 1.807) is 22.6 Å². The number of nitrogen functional groups attached to an aromatic ring is 1. The Morgan fingerprint density at radius 3 is 2.04 bits per heavy atom. The average Bonchev–Trinajstić information content (AvgIpc) is 2.36. The highest BCUT2D eigenvalue weighted by Gasteiger charge is 2.75. The number of nitrogens with two attached hydrogens (primary N) is 1. The summed E-state index contributed by atoms with van der Waals surface area (Å²) in [7, 11) is -6.09. The van der Waals surface area contributed by atoms with Gasteiger partial charge in [0.1, 0.15) is 0 Å². The largest absolute Gasteiger partial charge is 0.748 e. The molecule has 0 aliphatic carbocycles. The summed E-state index contributed by atoms with van der Waals surface area (Å²) in [5, 5.41) is 0. The Morgan fingerprint density at radius 2 is 1.64 bits per heavy atom. The zero-order valence-corrected chi connectivity index (χ0v) is 14.6. The van der Waals surface area contributed by atoms with Crippen molar-refractivity contribution in [2.75, 3.05) is 11.5 Å². The fraction of sp³-hybridized carbons (Fsp3) is 0.364. The van der Waals surface area contributed by atoms with Gasteiger partial charge < -0.3 is 15.0 Å². The van der Waals surface area contributed by atoms with Crippen molar-refractivity contribution in [2.45, 2.75) is 18.0 Å². The van der Waals surface area contributed by atoms with E-state index in [9.17, 15) is 44.1 Å². The lowest BCUT2D eigenvalue weighted by molar-refractivity contribution is -0.356. The minimum absolute atomic E-state index is 0.222. The van der Waals surface area contributed by atoms with Gasteiger partial charge in [-0.3, -0.25) is 0 Å². The Labute approximate surface area is 150 Å². The number of esters is 1. The first-order valence-electron chi connectivity index (χ1n) is 5.85. The van der Waals surface area contributed by atoms with Crippen LogP contribution >= 0.6 is 22.6 Å². The van der Waals surface area contributed by atoms with Crippen molar-refractivity contribution in [3.63, 3.8) is 0 Å². The quantitative estimate of drug-likeness (QED) is 0.221. The number of halogens is 7. The molecule has 0 spiro atoms. The van der Waals surface area contributed by atoms with Crippen LogP contribution in [0.4, 0.5) is 32.0 Å². The molecular formula is C11H7F6INO5S-. The minimum Gasteiger partial charge on any atom is -0.748 e. The number of benzene rings is 1. The van der Waals surface area contributed by atoms with Gasteiger partial charge in [-0.1, -0.05) is 0 Å². The molecular weight excluding hydrogens is 499 g/mol. The molecule has 142 valence electrons. The standard InChI is InChI=1S/C11H8F6INO5S/c12-10(13,14)9(11(15,16)17,4-25(21,22)23)24-8(20)6-3-5(18)1-2-7(6)19/h1-3H,4,19H2,(H,21,22,23)/p-1. The number of rotatable bonds is 4. The van der Waals surface area contributed by atoms with Gasteiger partial charge in [0.05, 0.1) is 21.4 Å². The van der Waals surface area contributed by atoms with Crippen LogP contribution in [0.2, 0.25) is 0 Å². The van der Waals surface area contributed by atoms with E-state index in [1.807, 2.05) is 0 Å². The van der Waals surface area contributed by atoms with E-state index in [-0.39, 0.29) is 3.57 Å². The highest BCUT2D eigenvalue weighted by Crippen LogP contribution is 2.47. The topological polar surface area (TPSA) is 110 Å². The van der Waals surface area contributed by atoms with E-state index in [1.165, 1.54) is 6.07 Å². The molecule has 1 aromatic rings. The second-order valence-electron chi connectivity index (χ2n) is 4.65. The first-order chi connectivity index (χ1) is 11.0. The van der Waals surface area contributed by atoms with Gasteiger partial charge in [0, 0.05) is 9.26 Å². The molecule has 14 heteroatoms. The highest BCUT2D eigenvalue weighted by atomic mass is 127. The number of carbonyl (C=O) groups is 1.